The van der Waals surface area contributed by atoms with Gasteiger partial charge in [-0.1, -0.05) is 38.5 Å². The molecule has 1 heteroatoms. The van der Waals surface area contributed by atoms with Crippen LogP contribution in [0.4, 0.5) is 5.69 Å². The highest BCUT2D eigenvalue weighted by Crippen LogP contribution is 2.40. The zero-order valence-electron chi connectivity index (χ0n) is 11.8. The van der Waals surface area contributed by atoms with Crippen LogP contribution in [0.1, 0.15) is 49.8 Å². The maximum absolute atomic E-state index is 3.60. The molecule has 0 spiro atoms. The Labute approximate surface area is 106 Å². The first kappa shape index (κ1) is 12.5. The van der Waals surface area contributed by atoms with Crippen molar-refractivity contribution in [1.82, 2.24) is 0 Å². The van der Waals surface area contributed by atoms with Crippen molar-refractivity contribution in [3.63, 3.8) is 0 Å². The minimum Gasteiger partial charge on any atom is -0.384 e. The first-order valence-electron chi connectivity index (χ1n) is 6.84. The average molecular weight is 231 g/mol. The number of fused-ring (bicyclic) bond motifs is 1. The Morgan fingerprint density at radius 1 is 1.24 bits per heavy atom. The fourth-order valence-electron chi connectivity index (χ4n) is 3.27. The molecule has 0 fully saturated rings. The van der Waals surface area contributed by atoms with E-state index in [0.29, 0.717) is 5.92 Å². The van der Waals surface area contributed by atoms with Crippen molar-refractivity contribution >= 4 is 5.69 Å². The van der Waals surface area contributed by atoms with Gasteiger partial charge in [0.2, 0.25) is 0 Å². The number of rotatable bonds is 3. The highest BCUT2D eigenvalue weighted by Gasteiger charge is 2.28. The molecule has 2 unspecified atom stereocenters. The number of hydrogen-bond acceptors (Lipinski definition) is 1. The molecule has 2 atom stereocenters. The normalized spacial score (nSPS) is 20.2. The predicted molar refractivity (Wildman–Crippen MR) is 75.8 cm³/mol. The van der Waals surface area contributed by atoms with Crippen molar-refractivity contribution in [3.05, 3.63) is 28.8 Å². The van der Waals surface area contributed by atoms with Gasteiger partial charge in [-0.05, 0) is 43.2 Å². The molecule has 1 aromatic carbocycles. The molecule has 2 rings (SSSR count). The van der Waals surface area contributed by atoms with Gasteiger partial charge in [0.15, 0.2) is 0 Å². The van der Waals surface area contributed by atoms with Gasteiger partial charge in [0.25, 0.3) is 0 Å². The van der Waals surface area contributed by atoms with Gasteiger partial charge >= 0.3 is 0 Å². The highest BCUT2D eigenvalue weighted by atomic mass is 14.9. The van der Waals surface area contributed by atoms with Crippen molar-refractivity contribution in [2.45, 2.75) is 47.0 Å². The van der Waals surface area contributed by atoms with Crippen molar-refractivity contribution in [1.29, 1.82) is 0 Å². The number of nitrogens with one attached hydrogen (secondary N) is 1. The minimum absolute atomic E-state index is 0.700. The molecule has 94 valence electrons. The van der Waals surface area contributed by atoms with E-state index in [1.807, 2.05) is 0 Å². The monoisotopic (exact) mass is 231 g/mol. The van der Waals surface area contributed by atoms with Crippen LogP contribution in [-0.2, 0) is 0 Å². The SMILES string of the molecule is Cc1cc(C)c2c(c1)C(C(C)CC(C)C)CN2. The van der Waals surface area contributed by atoms with Crippen LogP contribution in [0.25, 0.3) is 0 Å². The maximum atomic E-state index is 3.60. The van der Waals surface area contributed by atoms with Crippen LogP contribution >= 0.6 is 0 Å². The number of anilines is 1. The minimum atomic E-state index is 0.700. The molecular formula is C16H25N. The van der Waals surface area contributed by atoms with Gasteiger partial charge in [0, 0.05) is 18.2 Å². The molecule has 1 aliphatic heterocycles. The lowest BCUT2D eigenvalue weighted by atomic mass is 9.83. The molecule has 1 N–H and O–H groups in total. The second kappa shape index (κ2) is 4.72. The van der Waals surface area contributed by atoms with Gasteiger partial charge < -0.3 is 5.32 Å². The molecule has 0 bridgehead atoms. The Bertz CT molecular complexity index is 406. The number of hydrogen-bond donors (Lipinski definition) is 1. The van der Waals surface area contributed by atoms with Gasteiger partial charge in [-0.25, -0.2) is 0 Å². The van der Waals surface area contributed by atoms with E-state index in [1.165, 1.54) is 23.2 Å². The topological polar surface area (TPSA) is 12.0 Å². The van der Waals surface area contributed by atoms with Gasteiger partial charge in [-0.15, -0.1) is 0 Å². The fraction of sp³-hybridized carbons (Fsp3) is 0.625. The summed E-state index contributed by atoms with van der Waals surface area (Å²) < 4.78 is 0. The molecule has 0 saturated carbocycles. The fourth-order valence-corrected chi connectivity index (χ4v) is 3.27. The van der Waals surface area contributed by atoms with Crippen molar-refractivity contribution in [3.8, 4) is 0 Å². The summed E-state index contributed by atoms with van der Waals surface area (Å²) in [5.41, 5.74) is 5.75. The summed E-state index contributed by atoms with van der Waals surface area (Å²) >= 11 is 0. The van der Waals surface area contributed by atoms with Gasteiger partial charge in [0.05, 0.1) is 0 Å². The third-order valence-electron chi connectivity index (χ3n) is 3.94. The Kier molecular flexibility index (Phi) is 3.46. The molecule has 1 aromatic rings. The van der Waals surface area contributed by atoms with Crippen molar-refractivity contribution in [2.24, 2.45) is 11.8 Å². The van der Waals surface area contributed by atoms with E-state index >= 15 is 0 Å². The van der Waals surface area contributed by atoms with Crippen LogP contribution in [0, 0.1) is 25.7 Å². The highest BCUT2D eigenvalue weighted by molar-refractivity contribution is 5.64. The van der Waals surface area contributed by atoms with Crippen LogP contribution in [0.3, 0.4) is 0 Å². The molecule has 0 aliphatic carbocycles. The van der Waals surface area contributed by atoms with E-state index in [9.17, 15) is 0 Å². The largest absolute Gasteiger partial charge is 0.384 e. The first-order chi connectivity index (χ1) is 7.99. The summed E-state index contributed by atoms with van der Waals surface area (Å²) in [6, 6.07) is 4.66. The first-order valence-corrected chi connectivity index (χ1v) is 6.84. The molecule has 1 nitrogen and oxygen atoms in total. The van der Waals surface area contributed by atoms with Crippen LogP contribution in [0.2, 0.25) is 0 Å². The number of benzene rings is 1. The smallest absolute Gasteiger partial charge is 0.0406 e. The van der Waals surface area contributed by atoms with E-state index in [1.54, 1.807) is 5.56 Å². The Morgan fingerprint density at radius 2 is 1.94 bits per heavy atom. The van der Waals surface area contributed by atoms with Crippen LogP contribution < -0.4 is 5.32 Å². The summed E-state index contributed by atoms with van der Waals surface area (Å²) in [5, 5.41) is 3.60. The second-order valence-corrected chi connectivity index (χ2v) is 6.14. The van der Waals surface area contributed by atoms with Crippen molar-refractivity contribution in [2.75, 3.05) is 11.9 Å². The molecule has 0 amide bonds. The summed E-state index contributed by atoms with van der Waals surface area (Å²) in [7, 11) is 0. The van der Waals surface area contributed by atoms with Crippen LogP contribution in [-0.4, -0.2) is 6.54 Å². The Morgan fingerprint density at radius 3 is 2.59 bits per heavy atom. The van der Waals surface area contributed by atoms with Crippen molar-refractivity contribution < 1.29 is 0 Å². The van der Waals surface area contributed by atoms with Crippen LogP contribution in [0.15, 0.2) is 12.1 Å². The van der Waals surface area contributed by atoms with E-state index in [2.05, 4.69) is 52.1 Å². The summed E-state index contributed by atoms with van der Waals surface area (Å²) in [6.07, 6.45) is 1.32. The molecule has 0 radical (unpaired) electrons. The van der Waals surface area contributed by atoms with Crippen LogP contribution in [0.5, 0.6) is 0 Å². The van der Waals surface area contributed by atoms with E-state index in [4.69, 9.17) is 0 Å². The molecule has 1 aliphatic rings. The summed E-state index contributed by atoms with van der Waals surface area (Å²) in [6.45, 7) is 12.6. The van der Waals surface area contributed by atoms with E-state index < -0.39 is 0 Å². The zero-order valence-corrected chi connectivity index (χ0v) is 11.8. The third-order valence-corrected chi connectivity index (χ3v) is 3.94. The Hall–Kier alpha value is -0.980. The van der Waals surface area contributed by atoms with E-state index in [-0.39, 0.29) is 0 Å². The zero-order chi connectivity index (χ0) is 12.6. The predicted octanol–water partition coefficient (Wildman–Crippen LogP) is 4.49. The van der Waals surface area contributed by atoms with E-state index in [0.717, 1.165) is 18.4 Å². The molecule has 17 heavy (non-hydrogen) atoms. The standard InChI is InChI=1S/C16H25N/c1-10(2)6-12(4)15-9-17-16-13(5)7-11(3)8-14(15)16/h7-8,10,12,15,17H,6,9H2,1-5H3. The van der Waals surface area contributed by atoms with Gasteiger partial charge in [-0.2, -0.15) is 0 Å². The lowest BCUT2D eigenvalue weighted by Crippen LogP contribution is -2.14. The Balaban J connectivity index is 2.27. The molecule has 1 heterocycles. The third kappa shape index (κ3) is 2.48. The lowest BCUT2D eigenvalue weighted by Gasteiger charge is -2.21. The number of aryl methyl sites for hydroxylation is 2. The maximum Gasteiger partial charge on any atom is 0.0406 e. The average Bonchev–Trinajstić information content (AvgIpc) is 2.59. The summed E-state index contributed by atoms with van der Waals surface area (Å²) in [4.78, 5) is 0. The second-order valence-electron chi connectivity index (χ2n) is 6.14. The van der Waals surface area contributed by atoms with Gasteiger partial charge in [0.1, 0.15) is 0 Å². The quantitative estimate of drug-likeness (QED) is 0.808. The lowest BCUT2D eigenvalue weighted by molar-refractivity contribution is 0.388. The molecular weight excluding hydrogens is 206 g/mol. The molecule has 0 aromatic heterocycles. The summed E-state index contributed by atoms with van der Waals surface area (Å²) in [5.74, 6) is 2.26. The molecule has 0 saturated heterocycles. The van der Waals surface area contributed by atoms with Gasteiger partial charge in [-0.3, -0.25) is 0 Å².